The van der Waals surface area contributed by atoms with Crippen LogP contribution in [0.2, 0.25) is 0 Å². The first-order chi connectivity index (χ1) is 9.56. The lowest BCUT2D eigenvalue weighted by Gasteiger charge is -2.20. The molecule has 5 nitrogen and oxygen atoms in total. The summed E-state index contributed by atoms with van der Waals surface area (Å²) in [4.78, 5) is 25.2. The van der Waals surface area contributed by atoms with E-state index in [1.165, 1.54) is 0 Å². The van der Waals surface area contributed by atoms with E-state index in [9.17, 15) is 9.59 Å². The second-order valence-corrected chi connectivity index (χ2v) is 5.58. The summed E-state index contributed by atoms with van der Waals surface area (Å²) in [6, 6.07) is 7.61. The molecule has 0 spiro atoms. The number of likely N-dealkylation sites (tertiary alicyclic amines) is 1. The molecule has 3 rings (SSSR count). The van der Waals surface area contributed by atoms with E-state index in [4.69, 9.17) is 9.84 Å². The van der Waals surface area contributed by atoms with Gasteiger partial charge < -0.3 is 14.7 Å². The van der Waals surface area contributed by atoms with Crippen molar-refractivity contribution in [3.63, 3.8) is 0 Å². The minimum atomic E-state index is -0.830. The summed E-state index contributed by atoms with van der Waals surface area (Å²) in [5, 5.41) is 9.12. The van der Waals surface area contributed by atoms with E-state index in [2.05, 4.69) is 0 Å². The summed E-state index contributed by atoms with van der Waals surface area (Å²) in [6.07, 6.45) is 0.0598. The van der Waals surface area contributed by atoms with Gasteiger partial charge in [0.05, 0.1) is 5.92 Å². The summed E-state index contributed by atoms with van der Waals surface area (Å²) in [5.74, 6) is -0.656. The number of carboxylic acid groups (broad SMARTS) is 1. The topological polar surface area (TPSA) is 66.8 Å². The molecule has 0 bridgehead atoms. The SMILES string of the molecule is C[C@@H]1CN(C(=O)C2Cc3ccccc3O2)C[C@H]1C(=O)O. The lowest BCUT2D eigenvalue weighted by molar-refractivity contribution is -0.142. The zero-order valence-electron chi connectivity index (χ0n) is 11.3. The van der Waals surface area contributed by atoms with Crippen LogP contribution in [0.25, 0.3) is 0 Å². The van der Waals surface area contributed by atoms with E-state index in [1.54, 1.807) is 4.90 Å². The zero-order valence-corrected chi connectivity index (χ0v) is 11.3. The third kappa shape index (κ3) is 2.13. The molecule has 1 unspecified atom stereocenters. The van der Waals surface area contributed by atoms with Crippen LogP contribution in [0.5, 0.6) is 5.75 Å². The summed E-state index contributed by atoms with van der Waals surface area (Å²) in [5.41, 5.74) is 1.04. The number of hydrogen-bond acceptors (Lipinski definition) is 3. The molecule has 0 saturated carbocycles. The molecule has 1 aromatic rings. The highest BCUT2D eigenvalue weighted by molar-refractivity contribution is 5.84. The quantitative estimate of drug-likeness (QED) is 0.879. The van der Waals surface area contributed by atoms with Gasteiger partial charge in [0.1, 0.15) is 5.75 Å². The Morgan fingerprint density at radius 2 is 2.05 bits per heavy atom. The van der Waals surface area contributed by atoms with Crippen molar-refractivity contribution < 1.29 is 19.4 Å². The molecule has 0 aliphatic carbocycles. The largest absolute Gasteiger partial charge is 0.481 e. The maximum atomic E-state index is 12.4. The summed E-state index contributed by atoms with van der Waals surface area (Å²) in [7, 11) is 0. The number of amides is 1. The molecule has 2 aliphatic rings. The third-order valence-electron chi connectivity index (χ3n) is 4.16. The smallest absolute Gasteiger partial charge is 0.308 e. The molecule has 1 N–H and O–H groups in total. The van der Waals surface area contributed by atoms with Crippen LogP contribution in [0.15, 0.2) is 24.3 Å². The van der Waals surface area contributed by atoms with Crippen molar-refractivity contribution in [2.45, 2.75) is 19.4 Å². The van der Waals surface area contributed by atoms with Gasteiger partial charge >= 0.3 is 5.97 Å². The summed E-state index contributed by atoms with van der Waals surface area (Å²) >= 11 is 0. The maximum Gasteiger partial charge on any atom is 0.308 e. The molecule has 3 atom stereocenters. The Morgan fingerprint density at radius 3 is 2.70 bits per heavy atom. The predicted octanol–water partition coefficient (Wildman–Crippen LogP) is 1.17. The fourth-order valence-corrected chi connectivity index (χ4v) is 2.99. The molecule has 2 aliphatic heterocycles. The Bertz CT molecular complexity index is 532. The molecular formula is C15H17NO4. The van der Waals surface area contributed by atoms with Crippen molar-refractivity contribution in [3.05, 3.63) is 29.8 Å². The number of fused-ring (bicyclic) bond motifs is 1. The molecule has 1 amide bonds. The van der Waals surface area contributed by atoms with E-state index in [0.717, 1.165) is 11.3 Å². The van der Waals surface area contributed by atoms with Crippen LogP contribution in [0, 0.1) is 11.8 Å². The number of nitrogens with zero attached hydrogens (tertiary/aromatic N) is 1. The first-order valence-corrected chi connectivity index (χ1v) is 6.82. The summed E-state index contributed by atoms with van der Waals surface area (Å²) in [6.45, 7) is 2.65. The number of carbonyl (C=O) groups is 2. The van der Waals surface area contributed by atoms with Crippen molar-refractivity contribution in [2.24, 2.45) is 11.8 Å². The molecule has 106 valence electrons. The van der Waals surface area contributed by atoms with Crippen LogP contribution in [0.3, 0.4) is 0 Å². The van der Waals surface area contributed by atoms with Crippen molar-refractivity contribution in [2.75, 3.05) is 13.1 Å². The Hall–Kier alpha value is -2.04. The van der Waals surface area contributed by atoms with E-state index in [0.29, 0.717) is 13.0 Å². The fourth-order valence-electron chi connectivity index (χ4n) is 2.99. The Labute approximate surface area is 117 Å². The number of hydrogen-bond donors (Lipinski definition) is 1. The van der Waals surface area contributed by atoms with Crippen LogP contribution in [0.4, 0.5) is 0 Å². The van der Waals surface area contributed by atoms with Gasteiger partial charge in [0.2, 0.25) is 0 Å². The molecule has 1 aromatic carbocycles. The normalized spacial score (nSPS) is 28.1. The lowest BCUT2D eigenvalue weighted by Crippen LogP contribution is -2.40. The van der Waals surface area contributed by atoms with Crippen molar-refractivity contribution in [3.8, 4) is 5.75 Å². The monoisotopic (exact) mass is 275 g/mol. The van der Waals surface area contributed by atoms with E-state index in [1.807, 2.05) is 31.2 Å². The Kier molecular flexibility index (Phi) is 3.12. The average Bonchev–Trinajstić information content (AvgIpc) is 3.01. The number of rotatable bonds is 2. The van der Waals surface area contributed by atoms with Gasteiger partial charge in [0, 0.05) is 19.5 Å². The average molecular weight is 275 g/mol. The highest BCUT2D eigenvalue weighted by Gasteiger charge is 2.40. The highest BCUT2D eigenvalue weighted by atomic mass is 16.5. The molecule has 2 heterocycles. The lowest BCUT2D eigenvalue weighted by atomic mass is 9.99. The number of para-hydroxylation sites is 1. The van der Waals surface area contributed by atoms with Crippen molar-refractivity contribution >= 4 is 11.9 Å². The first-order valence-electron chi connectivity index (χ1n) is 6.82. The van der Waals surface area contributed by atoms with Crippen LogP contribution >= 0.6 is 0 Å². The van der Waals surface area contributed by atoms with Gasteiger partial charge in [-0.25, -0.2) is 0 Å². The summed E-state index contributed by atoms with van der Waals surface area (Å²) < 4.78 is 5.67. The van der Waals surface area contributed by atoms with Crippen molar-refractivity contribution in [1.82, 2.24) is 4.90 Å². The minimum absolute atomic E-state index is 0.0137. The van der Waals surface area contributed by atoms with Crippen LogP contribution in [-0.4, -0.2) is 41.1 Å². The van der Waals surface area contributed by atoms with Gasteiger partial charge in [-0.05, 0) is 17.5 Å². The van der Waals surface area contributed by atoms with Crippen LogP contribution in [-0.2, 0) is 16.0 Å². The number of carboxylic acids is 1. The molecule has 5 heteroatoms. The van der Waals surface area contributed by atoms with E-state index in [-0.39, 0.29) is 18.4 Å². The number of aliphatic carboxylic acids is 1. The number of benzene rings is 1. The highest BCUT2D eigenvalue weighted by Crippen LogP contribution is 2.31. The second-order valence-electron chi connectivity index (χ2n) is 5.58. The van der Waals surface area contributed by atoms with Gasteiger partial charge in [-0.2, -0.15) is 0 Å². The van der Waals surface area contributed by atoms with Gasteiger partial charge in [-0.3, -0.25) is 9.59 Å². The molecule has 1 saturated heterocycles. The molecular weight excluding hydrogens is 258 g/mol. The van der Waals surface area contributed by atoms with Gasteiger partial charge in [0.25, 0.3) is 5.91 Å². The Balaban J connectivity index is 1.69. The van der Waals surface area contributed by atoms with Gasteiger partial charge in [-0.1, -0.05) is 25.1 Å². The van der Waals surface area contributed by atoms with E-state index < -0.39 is 18.0 Å². The predicted molar refractivity (Wildman–Crippen MR) is 71.4 cm³/mol. The second kappa shape index (κ2) is 4.81. The van der Waals surface area contributed by atoms with Crippen LogP contribution in [0.1, 0.15) is 12.5 Å². The standard InChI is InChI=1S/C15H17NO4/c1-9-7-16(8-11(9)15(18)19)14(17)13-6-10-4-2-3-5-12(10)20-13/h2-5,9,11,13H,6-8H2,1H3,(H,18,19)/t9-,11-,13?/m1/s1. The molecule has 20 heavy (non-hydrogen) atoms. The van der Waals surface area contributed by atoms with E-state index >= 15 is 0 Å². The third-order valence-corrected chi connectivity index (χ3v) is 4.16. The molecule has 0 radical (unpaired) electrons. The Morgan fingerprint density at radius 1 is 1.30 bits per heavy atom. The maximum absolute atomic E-state index is 12.4. The fraction of sp³-hybridized carbons (Fsp3) is 0.467. The van der Waals surface area contributed by atoms with Gasteiger partial charge in [-0.15, -0.1) is 0 Å². The molecule has 1 fully saturated rings. The first kappa shape index (κ1) is 13.0. The van der Waals surface area contributed by atoms with Crippen molar-refractivity contribution in [1.29, 1.82) is 0 Å². The number of carbonyl (C=O) groups excluding carboxylic acids is 1. The van der Waals surface area contributed by atoms with Crippen LogP contribution < -0.4 is 4.74 Å². The minimum Gasteiger partial charge on any atom is -0.481 e. The zero-order chi connectivity index (χ0) is 14.3. The number of ether oxygens (including phenoxy) is 1. The van der Waals surface area contributed by atoms with Gasteiger partial charge in [0.15, 0.2) is 6.10 Å². The molecule has 0 aromatic heterocycles.